The van der Waals surface area contributed by atoms with Crippen molar-refractivity contribution in [1.82, 2.24) is 24.8 Å². The molecule has 0 radical (unpaired) electrons. The van der Waals surface area contributed by atoms with Gasteiger partial charge in [-0.3, -0.25) is 4.79 Å². The Morgan fingerprint density at radius 2 is 2.19 bits per heavy atom. The third kappa shape index (κ3) is 3.41. The van der Waals surface area contributed by atoms with E-state index < -0.39 is 0 Å². The van der Waals surface area contributed by atoms with Crippen LogP contribution in [0.4, 0.5) is 0 Å². The molecule has 0 saturated heterocycles. The minimum Gasteiger partial charge on any atom is -0.384 e. The molecule has 0 saturated carbocycles. The first-order valence-electron chi connectivity index (χ1n) is 8.79. The summed E-state index contributed by atoms with van der Waals surface area (Å²) in [6, 6.07) is 10.2. The zero-order valence-electron chi connectivity index (χ0n) is 15.3. The fourth-order valence-corrected chi connectivity index (χ4v) is 3.21. The summed E-state index contributed by atoms with van der Waals surface area (Å²) in [6.45, 7) is 0.914. The summed E-state index contributed by atoms with van der Waals surface area (Å²) in [5.74, 6) is -0.0179. The maximum atomic E-state index is 11.8. The molecule has 138 valence electrons. The molecule has 3 aromatic heterocycles. The molecular formula is C20H21N5O2. The van der Waals surface area contributed by atoms with Crippen LogP contribution in [-0.2, 0) is 23.1 Å². The molecule has 7 heteroatoms. The van der Waals surface area contributed by atoms with Crippen LogP contribution in [0.5, 0.6) is 0 Å². The van der Waals surface area contributed by atoms with E-state index in [9.17, 15) is 4.79 Å². The fraction of sp³-hybridized carbons (Fsp3) is 0.250. The molecular weight excluding hydrogens is 342 g/mol. The average molecular weight is 363 g/mol. The van der Waals surface area contributed by atoms with Crippen molar-refractivity contribution < 1.29 is 9.53 Å². The Labute approximate surface area is 156 Å². The molecule has 7 nitrogen and oxygen atoms in total. The average Bonchev–Trinajstić information content (AvgIpc) is 3.28. The standard InChI is InChI=1S/C20H21N5O2/c1-25-12-23-17-11-22-20-15(19(17)25)9-16(24-20)14-5-3-4-13(8-14)10-21-18(26)6-7-27-2/h3-5,8-9,11-12H,6-7,10H2,1-2H3,(H,21,26)(H,22,24). The number of rotatable bonds is 6. The molecule has 1 aromatic carbocycles. The maximum Gasteiger partial charge on any atom is 0.222 e. The van der Waals surface area contributed by atoms with Crippen LogP contribution in [-0.4, -0.2) is 39.1 Å². The monoisotopic (exact) mass is 363 g/mol. The summed E-state index contributed by atoms with van der Waals surface area (Å²) in [6.07, 6.45) is 3.94. The highest BCUT2D eigenvalue weighted by Gasteiger charge is 2.11. The van der Waals surface area contributed by atoms with Gasteiger partial charge >= 0.3 is 0 Å². The predicted octanol–water partition coefficient (Wildman–Crippen LogP) is 2.77. The molecule has 0 aliphatic heterocycles. The number of hydrogen-bond donors (Lipinski definition) is 2. The van der Waals surface area contributed by atoms with Crippen LogP contribution in [0.1, 0.15) is 12.0 Å². The minimum atomic E-state index is -0.0179. The van der Waals surface area contributed by atoms with E-state index in [1.54, 1.807) is 19.6 Å². The van der Waals surface area contributed by atoms with Crippen molar-refractivity contribution in [3.05, 3.63) is 48.4 Å². The Kier molecular flexibility index (Phi) is 4.60. The highest BCUT2D eigenvalue weighted by Crippen LogP contribution is 2.28. The van der Waals surface area contributed by atoms with E-state index in [0.717, 1.165) is 38.9 Å². The number of H-pyrrole nitrogens is 1. The summed E-state index contributed by atoms with van der Waals surface area (Å²) in [7, 11) is 3.57. The van der Waals surface area contributed by atoms with Crippen molar-refractivity contribution >= 4 is 28.0 Å². The fourth-order valence-electron chi connectivity index (χ4n) is 3.21. The van der Waals surface area contributed by atoms with E-state index in [4.69, 9.17) is 4.74 Å². The van der Waals surface area contributed by atoms with Gasteiger partial charge in [-0.15, -0.1) is 0 Å². The SMILES string of the molecule is COCCC(=O)NCc1cccc(-c2cc3c(ncc4ncn(C)c43)[nH]2)c1. The number of nitrogens with zero attached hydrogens (tertiary/aromatic N) is 3. The molecule has 0 aliphatic rings. The third-order valence-corrected chi connectivity index (χ3v) is 4.59. The van der Waals surface area contributed by atoms with Gasteiger partial charge in [-0.05, 0) is 23.3 Å². The number of aryl methyl sites for hydroxylation is 1. The van der Waals surface area contributed by atoms with Gasteiger partial charge in [-0.1, -0.05) is 18.2 Å². The van der Waals surface area contributed by atoms with Crippen molar-refractivity contribution in [3.63, 3.8) is 0 Å². The van der Waals surface area contributed by atoms with Gasteiger partial charge < -0.3 is 19.6 Å². The number of carbonyl (C=O) groups excluding carboxylic acids is 1. The number of benzene rings is 1. The van der Waals surface area contributed by atoms with E-state index in [2.05, 4.69) is 32.4 Å². The van der Waals surface area contributed by atoms with Crippen molar-refractivity contribution in [1.29, 1.82) is 0 Å². The number of amides is 1. The lowest BCUT2D eigenvalue weighted by atomic mass is 10.1. The number of ether oxygens (including phenoxy) is 1. The predicted molar refractivity (Wildman–Crippen MR) is 104 cm³/mol. The lowest BCUT2D eigenvalue weighted by Crippen LogP contribution is -2.23. The second kappa shape index (κ2) is 7.20. The van der Waals surface area contributed by atoms with E-state index in [1.165, 1.54) is 0 Å². The molecule has 27 heavy (non-hydrogen) atoms. The van der Waals surface area contributed by atoms with Crippen LogP contribution in [0.3, 0.4) is 0 Å². The van der Waals surface area contributed by atoms with Gasteiger partial charge in [0.1, 0.15) is 11.2 Å². The molecule has 1 amide bonds. The molecule has 4 aromatic rings. The van der Waals surface area contributed by atoms with Crippen LogP contribution < -0.4 is 5.32 Å². The largest absolute Gasteiger partial charge is 0.384 e. The van der Waals surface area contributed by atoms with E-state index in [-0.39, 0.29) is 5.91 Å². The number of fused-ring (bicyclic) bond motifs is 3. The van der Waals surface area contributed by atoms with Crippen LogP contribution in [0.25, 0.3) is 33.3 Å². The molecule has 0 spiro atoms. The Bertz CT molecular complexity index is 1110. The highest BCUT2D eigenvalue weighted by molar-refractivity contribution is 6.03. The van der Waals surface area contributed by atoms with Gasteiger partial charge in [-0.25, -0.2) is 9.97 Å². The number of methoxy groups -OCH3 is 1. The van der Waals surface area contributed by atoms with Crippen LogP contribution >= 0.6 is 0 Å². The second-order valence-corrected chi connectivity index (χ2v) is 6.51. The summed E-state index contributed by atoms with van der Waals surface area (Å²) < 4.78 is 6.93. The van der Waals surface area contributed by atoms with Crippen LogP contribution in [0.15, 0.2) is 42.9 Å². The van der Waals surface area contributed by atoms with Crippen LogP contribution in [0, 0.1) is 0 Å². The summed E-state index contributed by atoms with van der Waals surface area (Å²) in [5.41, 5.74) is 5.84. The van der Waals surface area contributed by atoms with Crippen molar-refractivity contribution in [2.45, 2.75) is 13.0 Å². The Balaban J connectivity index is 1.61. The molecule has 0 atom stereocenters. The smallest absolute Gasteiger partial charge is 0.222 e. The van der Waals surface area contributed by atoms with Gasteiger partial charge in [-0.2, -0.15) is 0 Å². The first-order chi connectivity index (χ1) is 13.2. The van der Waals surface area contributed by atoms with Gasteiger partial charge in [0.2, 0.25) is 5.91 Å². The molecule has 0 unspecified atom stereocenters. The van der Waals surface area contributed by atoms with Gasteiger partial charge in [0, 0.05) is 38.2 Å². The molecule has 0 fully saturated rings. The van der Waals surface area contributed by atoms with Gasteiger partial charge in [0.25, 0.3) is 0 Å². The zero-order valence-corrected chi connectivity index (χ0v) is 15.3. The number of aromatic amines is 1. The Morgan fingerprint density at radius 3 is 3.04 bits per heavy atom. The number of pyridine rings is 1. The molecule has 2 N–H and O–H groups in total. The zero-order chi connectivity index (χ0) is 18.8. The van der Waals surface area contributed by atoms with Gasteiger partial charge in [0.05, 0.1) is 24.6 Å². The quantitative estimate of drug-likeness (QED) is 0.552. The van der Waals surface area contributed by atoms with Crippen molar-refractivity contribution in [3.8, 4) is 11.3 Å². The topological polar surface area (TPSA) is 84.8 Å². The lowest BCUT2D eigenvalue weighted by Gasteiger charge is -2.06. The first-order valence-corrected chi connectivity index (χ1v) is 8.79. The number of hydrogen-bond acceptors (Lipinski definition) is 4. The van der Waals surface area contributed by atoms with Gasteiger partial charge in [0.15, 0.2) is 0 Å². The Hall–Kier alpha value is -3.19. The summed E-state index contributed by atoms with van der Waals surface area (Å²) >= 11 is 0. The van der Waals surface area contributed by atoms with E-state index >= 15 is 0 Å². The number of nitrogens with one attached hydrogen (secondary N) is 2. The Morgan fingerprint density at radius 1 is 1.30 bits per heavy atom. The number of carbonyl (C=O) groups is 1. The lowest BCUT2D eigenvalue weighted by molar-refractivity contribution is -0.122. The summed E-state index contributed by atoms with van der Waals surface area (Å²) in [5, 5.41) is 3.96. The molecule has 4 rings (SSSR count). The second-order valence-electron chi connectivity index (χ2n) is 6.51. The summed E-state index contributed by atoms with van der Waals surface area (Å²) in [4.78, 5) is 24.0. The number of aromatic nitrogens is 4. The van der Waals surface area contributed by atoms with Crippen LogP contribution in [0.2, 0.25) is 0 Å². The molecule has 0 bridgehead atoms. The van der Waals surface area contributed by atoms with Crippen molar-refractivity contribution in [2.75, 3.05) is 13.7 Å². The minimum absolute atomic E-state index is 0.0179. The van der Waals surface area contributed by atoms with E-state index in [0.29, 0.717) is 19.6 Å². The van der Waals surface area contributed by atoms with Crippen molar-refractivity contribution in [2.24, 2.45) is 7.05 Å². The first kappa shape index (κ1) is 17.2. The molecule has 0 aliphatic carbocycles. The third-order valence-electron chi connectivity index (χ3n) is 4.59. The maximum absolute atomic E-state index is 11.8. The molecule has 3 heterocycles. The number of imidazole rings is 1. The van der Waals surface area contributed by atoms with E-state index in [1.807, 2.05) is 29.8 Å². The highest BCUT2D eigenvalue weighted by atomic mass is 16.5. The normalized spacial score (nSPS) is 11.3.